The lowest BCUT2D eigenvalue weighted by atomic mass is 10.2. The molecule has 0 saturated heterocycles. The van der Waals surface area contributed by atoms with E-state index in [2.05, 4.69) is 10.3 Å². The molecule has 1 heterocycles. The van der Waals surface area contributed by atoms with E-state index in [0.29, 0.717) is 18.5 Å². The minimum atomic E-state index is -1.00. The van der Waals surface area contributed by atoms with Crippen LogP contribution >= 0.6 is 0 Å². The molecule has 6 heteroatoms. The number of nitrogens with zero attached hydrogens (tertiary/aromatic N) is 2. The third-order valence-electron chi connectivity index (χ3n) is 2.91. The summed E-state index contributed by atoms with van der Waals surface area (Å²) < 4.78 is 1.79. The smallest absolute Gasteiger partial charge is 0.337 e. The van der Waals surface area contributed by atoms with Gasteiger partial charge in [-0.2, -0.15) is 0 Å². The van der Waals surface area contributed by atoms with E-state index in [1.807, 2.05) is 13.8 Å². The van der Waals surface area contributed by atoms with Crippen LogP contribution in [0.25, 0.3) is 11.0 Å². The van der Waals surface area contributed by atoms with Crippen LogP contribution in [0, 0.1) is 0 Å². The fourth-order valence-electron chi connectivity index (χ4n) is 2.06. The molecule has 2 N–H and O–H groups in total. The van der Waals surface area contributed by atoms with Crippen LogP contribution in [0.3, 0.4) is 0 Å². The van der Waals surface area contributed by atoms with Crippen LogP contribution in [0.1, 0.15) is 30.6 Å². The Bertz CT molecular complexity index is 646. The third-order valence-corrected chi connectivity index (χ3v) is 2.91. The minimum Gasteiger partial charge on any atom is -0.478 e. The van der Waals surface area contributed by atoms with E-state index in [0.717, 1.165) is 5.52 Å². The second-order valence-electron chi connectivity index (χ2n) is 4.89. The number of aryl methyl sites for hydroxylation is 1. The summed E-state index contributed by atoms with van der Waals surface area (Å²) in [6, 6.07) is 5.11. The fourth-order valence-corrected chi connectivity index (χ4v) is 2.06. The monoisotopic (exact) mass is 275 g/mol. The van der Waals surface area contributed by atoms with Crippen molar-refractivity contribution >= 4 is 22.9 Å². The summed E-state index contributed by atoms with van der Waals surface area (Å²) in [7, 11) is 0. The standard InChI is InChI=1S/C14H17N3O3/c1-9(2)16-12(18)6-7-17-8-15-13-10(14(19)20)4-3-5-11(13)17/h3-5,8-9H,6-7H2,1-2H3,(H,16,18)(H,19,20). The number of aromatic nitrogens is 2. The number of carbonyl (C=O) groups is 2. The molecule has 0 aliphatic rings. The topological polar surface area (TPSA) is 84.2 Å². The van der Waals surface area contributed by atoms with Crippen molar-refractivity contribution in [2.24, 2.45) is 0 Å². The highest BCUT2D eigenvalue weighted by atomic mass is 16.4. The number of hydrogen-bond acceptors (Lipinski definition) is 3. The number of fused-ring (bicyclic) bond motifs is 1. The number of carboxylic acid groups (broad SMARTS) is 1. The highest BCUT2D eigenvalue weighted by Crippen LogP contribution is 2.17. The molecule has 0 bridgehead atoms. The third kappa shape index (κ3) is 2.96. The number of aromatic carboxylic acids is 1. The molecule has 2 aromatic rings. The van der Waals surface area contributed by atoms with Gasteiger partial charge in [-0.05, 0) is 26.0 Å². The first kappa shape index (κ1) is 14.0. The maximum absolute atomic E-state index is 11.6. The molecular weight excluding hydrogens is 258 g/mol. The van der Waals surface area contributed by atoms with Crippen LogP contribution < -0.4 is 5.32 Å². The molecule has 1 amide bonds. The predicted molar refractivity (Wildman–Crippen MR) is 74.6 cm³/mol. The minimum absolute atomic E-state index is 0.0313. The first-order valence-electron chi connectivity index (χ1n) is 6.45. The Morgan fingerprint density at radius 2 is 2.15 bits per heavy atom. The van der Waals surface area contributed by atoms with Gasteiger partial charge in [0.05, 0.1) is 17.4 Å². The summed E-state index contributed by atoms with van der Waals surface area (Å²) in [5.41, 5.74) is 1.35. The second kappa shape index (κ2) is 5.73. The maximum Gasteiger partial charge on any atom is 0.337 e. The molecule has 1 aromatic carbocycles. The Morgan fingerprint density at radius 1 is 1.40 bits per heavy atom. The summed E-state index contributed by atoms with van der Waals surface area (Å²) in [6.45, 7) is 4.28. The zero-order valence-corrected chi connectivity index (χ0v) is 11.5. The molecular formula is C14H17N3O3. The highest BCUT2D eigenvalue weighted by Gasteiger charge is 2.13. The van der Waals surface area contributed by atoms with E-state index < -0.39 is 5.97 Å². The molecule has 20 heavy (non-hydrogen) atoms. The lowest BCUT2D eigenvalue weighted by molar-refractivity contribution is -0.121. The molecule has 106 valence electrons. The molecule has 1 aromatic heterocycles. The van der Waals surface area contributed by atoms with Gasteiger partial charge < -0.3 is 15.0 Å². The zero-order valence-electron chi connectivity index (χ0n) is 11.5. The number of carbonyl (C=O) groups excluding carboxylic acids is 1. The Kier molecular flexibility index (Phi) is 4.02. The summed E-state index contributed by atoms with van der Waals surface area (Å²) in [6.07, 6.45) is 1.90. The van der Waals surface area contributed by atoms with Gasteiger partial charge in [0.1, 0.15) is 5.52 Å². The van der Waals surface area contributed by atoms with Crippen molar-refractivity contribution in [1.29, 1.82) is 0 Å². The van der Waals surface area contributed by atoms with E-state index in [-0.39, 0.29) is 17.5 Å². The Morgan fingerprint density at radius 3 is 2.80 bits per heavy atom. The number of hydrogen-bond donors (Lipinski definition) is 2. The lowest BCUT2D eigenvalue weighted by Crippen LogP contribution is -2.30. The van der Waals surface area contributed by atoms with E-state index in [9.17, 15) is 9.59 Å². The maximum atomic E-state index is 11.6. The Hall–Kier alpha value is -2.37. The lowest BCUT2D eigenvalue weighted by Gasteiger charge is -2.09. The summed E-state index contributed by atoms with van der Waals surface area (Å²) in [5, 5.41) is 11.9. The molecule has 0 atom stereocenters. The molecule has 0 unspecified atom stereocenters. The van der Waals surface area contributed by atoms with Gasteiger partial charge in [0, 0.05) is 19.0 Å². The molecule has 0 radical (unpaired) electrons. The molecule has 0 aliphatic heterocycles. The van der Waals surface area contributed by atoms with Crippen LogP contribution in [0.4, 0.5) is 0 Å². The van der Waals surface area contributed by atoms with Gasteiger partial charge in [-0.3, -0.25) is 4.79 Å². The van der Waals surface area contributed by atoms with Gasteiger partial charge in [-0.1, -0.05) is 6.07 Å². The number of rotatable bonds is 5. The quantitative estimate of drug-likeness (QED) is 0.869. The number of nitrogens with one attached hydrogen (secondary N) is 1. The van der Waals surface area contributed by atoms with E-state index in [1.54, 1.807) is 23.0 Å². The molecule has 6 nitrogen and oxygen atoms in total. The van der Waals surface area contributed by atoms with E-state index in [4.69, 9.17) is 5.11 Å². The Balaban J connectivity index is 2.18. The number of imidazole rings is 1. The van der Waals surface area contributed by atoms with E-state index in [1.165, 1.54) is 6.07 Å². The van der Waals surface area contributed by atoms with Crippen molar-refractivity contribution in [3.05, 3.63) is 30.1 Å². The van der Waals surface area contributed by atoms with Crippen molar-refractivity contribution in [2.45, 2.75) is 32.9 Å². The predicted octanol–water partition coefficient (Wildman–Crippen LogP) is 1.65. The normalized spacial score (nSPS) is 10.9. The van der Waals surface area contributed by atoms with Crippen molar-refractivity contribution in [1.82, 2.24) is 14.9 Å². The van der Waals surface area contributed by atoms with Gasteiger partial charge >= 0.3 is 5.97 Å². The zero-order chi connectivity index (χ0) is 14.7. The fraction of sp³-hybridized carbons (Fsp3) is 0.357. The van der Waals surface area contributed by atoms with Crippen molar-refractivity contribution in [3.8, 4) is 0 Å². The van der Waals surface area contributed by atoms with Gasteiger partial charge in [0.15, 0.2) is 0 Å². The molecule has 0 fully saturated rings. The summed E-state index contributed by atoms with van der Waals surface area (Å²) in [5.74, 6) is -1.03. The summed E-state index contributed by atoms with van der Waals surface area (Å²) in [4.78, 5) is 26.8. The van der Waals surface area contributed by atoms with Crippen LogP contribution in [0.5, 0.6) is 0 Å². The van der Waals surface area contributed by atoms with Crippen molar-refractivity contribution in [2.75, 3.05) is 0 Å². The number of carboxylic acids is 1. The van der Waals surface area contributed by atoms with Crippen LogP contribution in [-0.4, -0.2) is 32.6 Å². The average molecular weight is 275 g/mol. The number of amides is 1. The first-order valence-corrected chi connectivity index (χ1v) is 6.45. The SMILES string of the molecule is CC(C)NC(=O)CCn1cnc2c(C(=O)O)cccc21. The molecule has 0 spiro atoms. The molecule has 0 saturated carbocycles. The first-order chi connectivity index (χ1) is 9.49. The van der Waals surface area contributed by atoms with E-state index >= 15 is 0 Å². The van der Waals surface area contributed by atoms with Gasteiger partial charge in [-0.25, -0.2) is 9.78 Å². The second-order valence-corrected chi connectivity index (χ2v) is 4.89. The van der Waals surface area contributed by atoms with Crippen molar-refractivity contribution < 1.29 is 14.7 Å². The molecule has 0 aliphatic carbocycles. The number of benzene rings is 1. The van der Waals surface area contributed by atoms with Crippen LogP contribution in [-0.2, 0) is 11.3 Å². The number of para-hydroxylation sites is 1. The van der Waals surface area contributed by atoms with Crippen LogP contribution in [0.2, 0.25) is 0 Å². The van der Waals surface area contributed by atoms with Crippen molar-refractivity contribution in [3.63, 3.8) is 0 Å². The van der Waals surface area contributed by atoms with Crippen LogP contribution in [0.15, 0.2) is 24.5 Å². The largest absolute Gasteiger partial charge is 0.478 e. The Labute approximate surface area is 116 Å². The average Bonchev–Trinajstić information content (AvgIpc) is 2.78. The van der Waals surface area contributed by atoms with Gasteiger partial charge in [-0.15, -0.1) is 0 Å². The summed E-state index contributed by atoms with van der Waals surface area (Å²) >= 11 is 0. The molecule has 2 rings (SSSR count). The van der Waals surface area contributed by atoms with Gasteiger partial charge in [0.2, 0.25) is 5.91 Å². The highest BCUT2D eigenvalue weighted by molar-refractivity contribution is 6.00. The van der Waals surface area contributed by atoms with Gasteiger partial charge in [0.25, 0.3) is 0 Å².